The number of nitrogens with zero attached hydrogens (tertiary/aromatic N) is 3. The molecule has 0 fully saturated rings. The van der Waals surface area contributed by atoms with E-state index in [9.17, 15) is 14.4 Å². The Morgan fingerprint density at radius 3 is 2.31 bits per heavy atom. The summed E-state index contributed by atoms with van der Waals surface area (Å²) < 4.78 is 6.76. The highest BCUT2D eigenvalue weighted by Gasteiger charge is 2.18. The maximum absolute atomic E-state index is 12.6. The fourth-order valence-corrected chi connectivity index (χ4v) is 3.55. The van der Waals surface area contributed by atoms with E-state index in [1.54, 1.807) is 59.3 Å². The molecule has 0 spiro atoms. The number of benzene rings is 2. The Morgan fingerprint density at radius 1 is 0.943 bits per heavy atom. The molecule has 176 valence electrons. The highest BCUT2D eigenvalue weighted by molar-refractivity contribution is 6.33. The van der Waals surface area contributed by atoms with Gasteiger partial charge in [-0.05, 0) is 68.4 Å². The topological polar surface area (TPSA) is 103 Å². The number of aryl methyl sites for hydroxylation is 2. The van der Waals surface area contributed by atoms with Gasteiger partial charge < -0.3 is 10.1 Å². The Labute approximate surface area is 206 Å². The second-order valence-electron chi connectivity index (χ2n) is 7.74. The number of ketones is 1. The van der Waals surface area contributed by atoms with Crippen molar-refractivity contribution < 1.29 is 19.1 Å². The van der Waals surface area contributed by atoms with Gasteiger partial charge >= 0.3 is 5.97 Å². The van der Waals surface area contributed by atoms with Crippen LogP contribution in [0.2, 0.25) is 5.02 Å². The third-order valence-electron chi connectivity index (χ3n) is 5.09. The van der Waals surface area contributed by atoms with Crippen molar-refractivity contribution in [2.24, 2.45) is 0 Å². The van der Waals surface area contributed by atoms with E-state index in [0.717, 1.165) is 11.4 Å². The second kappa shape index (κ2) is 10.3. The lowest BCUT2D eigenvalue weighted by molar-refractivity contribution is 0.0469. The van der Waals surface area contributed by atoms with Gasteiger partial charge in [-0.3, -0.25) is 9.59 Å². The predicted octanol–water partition coefficient (Wildman–Crippen LogP) is 4.83. The summed E-state index contributed by atoms with van der Waals surface area (Å²) in [5.41, 5.74) is 2.92. The molecule has 0 aliphatic carbocycles. The molecule has 0 bridgehead atoms. The number of esters is 1. The molecule has 0 saturated carbocycles. The quantitative estimate of drug-likeness (QED) is 0.295. The van der Waals surface area contributed by atoms with Gasteiger partial charge in [0.05, 0.1) is 10.7 Å². The molecule has 1 N–H and O–H groups in total. The molecule has 35 heavy (non-hydrogen) atoms. The normalized spacial score (nSPS) is 10.6. The minimum absolute atomic E-state index is 0.103. The van der Waals surface area contributed by atoms with Crippen LogP contribution < -0.4 is 5.32 Å². The Bertz CT molecular complexity index is 1400. The molecule has 0 saturated heterocycles. The average molecular weight is 489 g/mol. The van der Waals surface area contributed by atoms with E-state index in [-0.39, 0.29) is 16.6 Å². The summed E-state index contributed by atoms with van der Waals surface area (Å²) in [6, 6.07) is 20.1. The Morgan fingerprint density at radius 2 is 1.66 bits per heavy atom. The zero-order valence-corrected chi connectivity index (χ0v) is 19.7. The SMILES string of the molecule is Cc1cc(C)n(-c2ccc(Cl)c(C(=O)OCC(=O)c3ccc(NC(=O)c4ccccc4)cc3)n2)n1. The van der Waals surface area contributed by atoms with E-state index in [1.165, 1.54) is 6.07 Å². The van der Waals surface area contributed by atoms with Crippen LogP contribution >= 0.6 is 11.6 Å². The van der Waals surface area contributed by atoms with E-state index >= 15 is 0 Å². The lowest BCUT2D eigenvalue weighted by Crippen LogP contribution is -2.17. The number of hydrogen-bond acceptors (Lipinski definition) is 6. The molecule has 9 heteroatoms. The molecule has 4 aromatic rings. The van der Waals surface area contributed by atoms with Crippen LogP contribution in [0.1, 0.15) is 42.6 Å². The van der Waals surface area contributed by atoms with Crippen LogP contribution in [-0.2, 0) is 4.74 Å². The summed E-state index contributed by atoms with van der Waals surface area (Å²) in [5.74, 6) is -1.08. The number of rotatable bonds is 7. The standard InChI is InChI=1S/C26H21ClN4O4/c1-16-14-17(2)31(30-16)23-13-12-21(27)24(29-23)26(34)35-15-22(32)18-8-10-20(11-9-18)28-25(33)19-6-4-3-5-7-19/h3-14H,15H2,1-2H3,(H,28,33). The lowest BCUT2D eigenvalue weighted by Gasteiger charge is -2.09. The van der Waals surface area contributed by atoms with Gasteiger partial charge in [0.15, 0.2) is 23.9 Å². The number of carbonyl (C=O) groups is 3. The summed E-state index contributed by atoms with van der Waals surface area (Å²) >= 11 is 6.15. The Balaban J connectivity index is 1.39. The molecule has 0 radical (unpaired) electrons. The van der Waals surface area contributed by atoms with Gasteiger partial charge in [-0.2, -0.15) is 5.10 Å². The Kier molecular flexibility index (Phi) is 7.03. The van der Waals surface area contributed by atoms with E-state index in [4.69, 9.17) is 16.3 Å². The zero-order valence-electron chi connectivity index (χ0n) is 19.0. The molecule has 2 aromatic carbocycles. The predicted molar refractivity (Wildman–Crippen MR) is 131 cm³/mol. The van der Waals surface area contributed by atoms with Gasteiger partial charge in [0.2, 0.25) is 0 Å². The number of pyridine rings is 1. The minimum atomic E-state index is -0.821. The number of amides is 1. The molecule has 0 aliphatic rings. The zero-order chi connectivity index (χ0) is 24.9. The fraction of sp³-hybridized carbons (Fsp3) is 0.115. The van der Waals surface area contributed by atoms with Crippen molar-refractivity contribution in [1.29, 1.82) is 0 Å². The number of ether oxygens (including phenoxy) is 1. The van der Waals surface area contributed by atoms with Gasteiger partial charge in [0.1, 0.15) is 0 Å². The maximum Gasteiger partial charge on any atom is 0.359 e. The smallest absolute Gasteiger partial charge is 0.359 e. The first-order valence-corrected chi connectivity index (χ1v) is 11.1. The third-order valence-corrected chi connectivity index (χ3v) is 5.39. The number of halogens is 1. The van der Waals surface area contributed by atoms with Crippen molar-refractivity contribution in [3.8, 4) is 5.82 Å². The first-order valence-electron chi connectivity index (χ1n) is 10.7. The van der Waals surface area contributed by atoms with Gasteiger partial charge in [0, 0.05) is 22.5 Å². The average Bonchev–Trinajstić information content (AvgIpc) is 3.21. The first-order chi connectivity index (χ1) is 16.8. The van der Waals surface area contributed by atoms with E-state index in [2.05, 4.69) is 15.4 Å². The summed E-state index contributed by atoms with van der Waals surface area (Å²) in [6.45, 7) is 3.23. The number of aromatic nitrogens is 3. The highest BCUT2D eigenvalue weighted by Crippen LogP contribution is 2.19. The van der Waals surface area contributed by atoms with E-state index in [0.29, 0.717) is 22.6 Å². The molecule has 0 unspecified atom stereocenters. The number of Topliss-reactive ketones (excluding diaryl/α,β-unsaturated/α-hetero) is 1. The fourth-order valence-electron chi connectivity index (χ4n) is 3.37. The van der Waals surface area contributed by atoms with Gasteiger partial charge in [0.25, 0.3) is 5.91 Å². The molecule has 8 nitrogen and oxygen atoms in total. The van der Waals surface area contributed by atoms with Crippen LogP contribution in [0.4, 0.5) is 5.69 Å². The van der Waals surface area contributed by atoms with Crippen LogP contribution in [0, 0.1) is 13.8 Å². The van der Waals surface area contributed by atoms with Gasteiger partial charge in [-0.25, -0.2) is 14.5 Å². The summed E-state index contributed by atoms with van der Waals surface area (Å²) in [6.07, 6.45) is 0. The van der Waals surface area contributed by atoms with Crippen molar-refractivity contribution in [2.75, 3.05) is 11.9 Å². The summed E-state index contributed by atoms with van der Waals surface area (Å²) in [4.78, 5) is 41.6. The molecule has 2 aromatic heterocycles. The van der Waals surface area contributed by atoms with Crippen LogP contribution in [0.15, 0.2) is 72.8 Å². The molecule has 1 amide bonds. The van der Waals surface area contributed by atoms with Gasteiger partial charge in [-0.1, -0.05) is 29.8 Å². The van der Waals surface area contributed by atoms with Crippen LogP contribution in [0.3, 0.4) is 0 Å². The largest absolute Gasteiger partial charge is 0.453 e. The third kappa shape index (κ3) is 5.62. The summed E-state index contributed by atoms with van der Waals surface area (Å²) in [7, 11) is 0. The maximum atomic E-state index is 12.6. The first kappa shape index (κ1) is 23.8. The van der Waals surface area contributed by atoms with E-state index in [1.807, 2.05) is 26.0 Å². The molecular weight excluding hydrogens is 468 g/mol. The molecule has 4 rings (SSSR count). The van der Waals surface area contributed by atoms with Crippen molar-refractivity contribution >= 4 is 34.9 Å². The summed E-state index contributed by atoms with van der Waals surface area (Å²) in [5, 5.41) is 7.21. The second-order valence-corrected chi connectivity index (χ2v) is 8.14. The molecule has 0 atom stereocenters. The van der Waals surface area contributed by atoms with Crippen molar-refractivity contribution in [2.45, 2.75) is 13.8 Å². The van der Waals surface area contributed by atoms with Crippen LogP contribution in [0.25, 0.3) is 5.82 Å². The molecular formula is C26H21ClN4O4. The minimum Gasteiger partial charge on any atom is -0.453 e. The highest BCUT2D eigenvalue weighted by atomic mass is 35.5. The lowest BCUT2D eigenvalue weighted by atomic mass is 10.1. The van der Waals surface area contributed by atoms with Crippen molar-refractivity contribution in [1.82, 2.24) is 14.8 Å². The number of anilines is 1. The van der Waals surface area contributed by atoms with Crippen LogP contribution in [0.5, 0.6) is 0 Å². The molecule has 2 heterocycles. The number of carbonyl (C=O) groups excluding carboxylic acids is 3. The van der Waals surface area contributed by atoms with Gasteiger partial charge in [-0.15, -0.1) is 0 Å². The van der Waals surface area contributed by atoms with Crippen molar-refractivity contribution in [3.05, 3.63) is 106 Å². The number of nitrogens with one attached hydrogen (secondary N) is 1. The molecule has 0 aliphatic heterocycles. The monoisotopic (exact) mass is 488 g/mol. The number of hydrogen-bond donors (Lipinski definition) is 1. The van der Waals surface area contributed by atoms with Crippen LogP contribution in [-0.4, -0.2) is 39.0 Å². The van der Waals surface area contributed by atoms with E-state index < -0.39 is 18.4 Å². The Hall–Kier alpha value is -4.30. The van der Waals surface area contributed by atoms with Crippen molar-refractivity contribution in [3.63, 3.8) is 0 Å².